The normalized spacial score (nSPS) is 18.5. The Labute approximate surface area is 139 Å². The number of carbonyl (C=O) groups is 1. The van der Waals surface area contributed by atoms with Crippen LogP contribution in [-0.4, -0.2) is 35.3 Å². The van der Waals surface area contributed by atoms with Gasteiger partial charge in [-0.1, -0.05) is 12.1 Å². The Kier molecular flexibility index (Phi) is 5.12. The number of aromatic nitrogens is 1. The lowest BCUT2D eigenvalue weighted by atomic mass is 10.1. The van der Waals surface area contributed by atoms with Gasteiger partial charge >= 0.3 is 0 Å². The first-order valence-electron chi connectivity index (χ1n) is 8.00. The molecule has 4 N–H and O–H groups in total. The van der Waals surface area contributed by atoms with Crippen LogP contribution in [0.3, 0.4) is 0 Å². The summed E-state index contributed by atoms with van der Waals surface area (Å²) in [5.74, 6) is 0.219. The maximum absolute atomic E-state index is 12.1. The van der Waals surface area contributed by atoms with E-state index in [0.717, 1.165) is 25.0 Å². The zero-order chi connectivity index (χ0) is 16.9. The van der Waals surface area contributed by atoms with E-state index in [2.05, 4.69) is 10.3 Å². The molecule has 2 aromatic rings. The number of hydrogen-bond donors (Lipinski definition) is 3. The van der Waals surface area contributed by atoms with Crippen molar-refractivity contribution in [2.75, 3.05) is 13.2 Å². The second-order valence-electron chi connectivity index (χ2n) is 5.89. The number of rotatable bonds is 6. The fourth-order valence-electron chi connectivity index (χ4n) is 2.64. The van der Waals surface area contributed by atoms with Crippen molar-refractivity contribution < 1.29 is 19.1 Å². The lowest BCUT2D eigenvalue weighted by Crippen LogP contribution is -2.32. The predicted molar refractivity (Wildman–Crippen MR) is 86.5 cm³/mol. The maximum Gasteiger partial charge on any atom is 0.273 e. The fourth-order valence-corrected chi connectivity index (χ4v) is 2.64. The highest BCUT2D eigenvalue weighted by molar-refractivity contribution is 5.91. The van der Waals surface area contributed by atoms with E-state index in [-0.39, 0.29) is 23.5 Å². The molecule has 2 unspecified atom stereocenters. The van der Waals surface area contributed by atoms with Crippen molar-refractivity contribution in [3.63, 3.8) is 0 Å². The average molecular weight is 331 g/mol. The number of amides is 1. The number of nitrogens with one attached hydrogen (secondary N) is 1. The van der Waals surface area contributed by atoms with E-state index >= 15 is 0 Å². The average Bonchev–Trinajstić information content (AvgIpc) is 3.26. The Morgan fingerprint density at radius 3 is 2.92 bits per heavy atom. The van der Waals surface area contributed by atoms with Crippen molar-refractivity contribution in [3.05, 3.63) is 47.7 Å². The van der Waals surface area contributed by atoms with Gasteiger partial charge in [0, 0.05) is 13.2 Å². The number of oxazole rings is 1. The summed E-state index contributed by atoms with van der Waals surface area (Å²) >= 11 is 0. The van der Waals surface area contributed by atoms with Crippen LogP contribution < -0.4 is 11.1 Å². The van der Waals surface area contributed by atoms with Crippen LogP contribution >= 0.6 is 0 Å². The molecule has 2 atom stereocenters. The summed E-state index contributed by atoms with van der Waals surface area (Å²) in [6, 6.07) is 6.30. The van der Waals surface area contributed by atoms with Crippen molar-refractivity contribution >= 4 is 5.91 Å². The van der Waals surface area contributed by atoms with Gasteiger partial charge in [-0.2, -0.15) is 0 Å². The Morgan fingerprint density at radius 1 is 1.42 bits per heavy atom. The number of hydrogen-bond acceptors (Lipinski definition) is 6. The number of carbonyl (C=O) groups excluding carboxylic acids is 1. The maximum atomic E-state index is 12.1. The van der Waals surface area contributed by atoms with Gasteiger partial charge in [-0.3, -0.25) is 4.79 Å². The summed E-state index contributed by atoms with van der Waals surface area (Å²) in [7, 11) is 0. The van der Waals surface area contributed by atoms with Crippen molar-refractivity contribution in [1.82, 2.24) is 10.3 Å². The number of phenols is 1. The van der Waals surface area contributed by atoms with Gasteiger partial charge in [0.1, 0.15) is 12.0 Å². The van der Waals surface area contributed by atoms with Crippen LogP contribution in [0.4, 0.5) is 0 Å². The molecule has 0 saturated carbocycles. The predicted octanol–water partition coefficient (Wildman–Crippen LogP) is 1.53. The molecule has 3 rings (SSSR count). The lowest BCUT2D eigenvalue weighted by Gasteiger charge is -2.09. The molecule has 1 aromatic carbocycles. The number of phenolic OH excluding ortho intramolecular Hbond substituents is 1. The molecule has 0 bridgehead atoms. The number of aromatic hydroxyl groups is 1. The molecule has 2 heterocycles. The number of benzene rings is 1. The second-order valence-corrected chi connectivity index (χ2v) is 5.89. The summed E-state index contributed by atoms with van der Waals surface area (Å²) in [5.41, 5.74) is 7.24. The highest BCUT2D eigenvalue weighted by Gasteiger charge is 2.20. The molecule has 1 aliphatic heterocycles. The van der Waals surface area contributed by atoms with Crippen LogP contribution in [0.5, 0.6) is 5.75 Å². The monoisotopic (exact) mass is 331 g/mol. The molecule has 1 fully saturated rings. The SMILES string of the molecule is NC(Cc1ccc(O)cc1)c1nc(C(=O)NCC2CCCO2)co1. The van der Waals surface area contributed by atoms with Gasteiger partial charge in [0.05, 0.1) is 12.1 Å². The number of nitrogens with zero attached hydrogens (tertiary/aromatic N) is 1. The minimum atomic E-state index is -0.464. The first-order valence-corrected chi connectivity index (χ1v) is 8.00. The molecule has 0 radical (unpaired) electrons. The van der Waals surface area contributed by atoms with E-state index in [1.165, 1.54) is 6.26 Å². The summed E-state index contributed by atoms with van der Waals surface area (Å²) < 4.78 is 10.8. The summed E-state index contributed by atoms with van der Waals surface area (Å²) in [5, 5.41) is 12.1. The minimum Gasteiger partial charge on any atom is -0.508 e. The van der Waals surface area contributed by atoms with E-state index in [1.54, 1.807) is 24.3 Å². The Hall–Kier alpha value is -2.38. The largest absolute Gasteiger partial charge is 0.508 e. The third-order valence-corrected chi connectivity index (χ3v) is 3.98. The highest BCUT2D eigenvalue weighted by atomic mass is 16.5. The van der Waals surface area contributed by atoms with Crippen LogP contribution in [0.15, 0.2) is 34.9 Å². The second kappa shape index (κ2) is 7.46. The van der Waals surface area contributed by atoms with Gasteiger partial charge in [-0.15, -0.1) is 0 Å². The van der Waals surface area contributed by atoms with Crippen LogP contribution in [-0.2, 0) is 11.2 Å². The van der Waals surface area contributed by atoms with Crippen molar-refractivity contribution in [2.45, 2.75) is 31.4 Å². The van der Waals surface area contributed by atoms with Crippen molar-refractivity contribution in [1.29, 1.82) is 0 Å². The molecule has 7 nitrogen and oxygen atoms in total. The first kappa shape index (κ1) is 16.5. The minimum absolute atomic E-state index is 0.0806. The zero-order valence-corrected chi connectivity index (χ0v) is 13.3. The van der Waals surface area contributed by atoms with E-state index in [4.69, 9.17) is 14.9 Å². The molecule has 7 heteroatoms. The fraction of sp³-hybridized carbons (Fsp3) is 0.412. The number of nitrogens with two attached hydrogens (primary N) is 1. The van der Waals surface area contributed by atoms with E-state index in [0.29, 0.717) is 18.9 Å². The van der Waals surface area contributed by atoms with Crippen molar-refractivity contribution in [3.8, 4) is 5.75 Å². The number of ether oxygens (including phenoxy) is 1. The Balaban J connectivity index is 1.55. The highest BCUT2D eigenvalue weighted by Crippen LogP contribution is 2.18. The topological polar surface area (TPSA) is 111 Å². The molecule has 1 aromatic heterocycles. The molecular weight excluding hydrogens is 310 g/mol. The van der Waals surface area contributed by atoms with E-state index in [1.807, 2.05) is 0 Å². The standard InChI is InChI=1S/C17H21N3O4/c18-14(8-11-3-5-12(21)6-4-11)17-20-15(10-24-17)16(22)19-9-13-2-1-7-23-13/h3-6,10,13-14,21H,1-2,7-9,18H2,(H,19,22). The summed E-state index contributed by atoms with van der Waals surface area (Å²) in [6.07, 6.45) is 3.88. The van der Waals surface area contributed by atoms with Gasteiger partial charge in [0.25, 0.3) is 5.91 Å². The third kappa shape index (κ3) is 4.12. The molecule has 24 heavy (non-hydrogen) atoms. The Bertz CT molecular complexity index is 677. The zero-order valence-electron chi connectivity index (χ0n) is 13.3. The lowest BCUT2D eigenvalue weighted by molar-refractivity contribution is 0.0853. The molecule has 1 amide bonds. The van der Waals surface area contributed by atoms with Gasteiger partial charge in [-0.05, 0) is 37.0 Å². The smallest absolute Gasteiger partial charge is 0.273 e. The van der Waals surface area contributed by atoms with Crippen LogP contribution in [0, 0.1) is 0 Å². The first-order chi connectivity index (χ1) is 11.6. The third-order valence-electron chi connectivity index (χ3n) is 3.98. The van der Waals surface area contributed by atoms with Crippen LogP contribution in [0.1, 0.15) is 40.8 Å². The molecule has 1 saturated heterocycles. The van der Waals surface area contributed by atoms with E-state index < -0.39 is 6.04 Å². The molecular formula is C17H21N3O4. The molecule has 1 aliphatic rings. The van der Waals surface area contributed by atoms with Gasteiger partial charge in [-0.25, -0.2) is 4.98 Å². The molecule has 0 aliphatic carbocycles. The van der Waals surface area contributed by atoms with Gasteiger partial charge < -0.3 is 25.3 Å². The van der Waals surface area contributed by atoms with Crippen molar-refractivity contribution in [2.24, 2.45) is 5.73 Å². The van der Waals surface area contributed by atoms with Crippen LogP contribution in [0.2, 0.25) is 0 Å². The van der Waals surface area contributed by atoms with Gasteiger partial charge in [0.15, 0.2) is 5.69 Å². The molecule has 0 spiro atoms. The molecule has 128 valence electrons. The van der Waals surface area contributed by atoms with Gasteiger partial charge in [0.2, 0.25) is 5.89 Å². The van der Waals surface area contributed by atoms with E-state index in [9.17, 15) is 9.90 Å². The summed E-state index contributed by atoms with van der Waals surface area (Å²) in [4.78, 5) is 16.3. The summed E-state index contributed by atoms with van der Waals surface area (Å²) in [6.45, 7) is 1.22. The van der Waals surface area contributed by atoms with Crippen LogP contribution in [0.25, 0.3) is 0 Å². The quantitative estimate of drug-likeness (QED) is 0.740. The Morgan fingerprint density at radius 2 is 2.21 bits per heavy atom.